The van der Waals surface area contributed by atoms with Gasteiger partial charge in [-0.05, 0) is 13.0 Å². The molecule has 0 spiro atoms. The summed E-state index contributed by atoms with van der Waals surface area (Å²) >= 11 is 0. The van der Waals surface area contributed by atoms with E-state index in [0.717, 1.165) is 12.3 Å². The lowest BCUT2D eigenvalue weighted by Crippen LogP contribution is -2.33. The standard InChI is InChI=1S/C14H20N2O/c1-11-5-6-13(17-4)12(9-11)14(2,3)10-16-8-7-15/h5-6,9,16H,8,10H2,1-4H3. The molecular weight excluding hydrogens is 212 g/mol. The molecule has 1 rings (SSSR count). The summed E-state index contributed by atoms with van der Waals surface area (Å²) < 4.78 is 5.40. The molecule has 0 radical (unpaired) electrons. The third-order valence-corrected chi connectivity index (χ3v) is 2.86. The average Bonchev–Trinajstić information content (AvgIpc) is 2.29. The molecule has 3 heteroatoms. The predicted octanol–water partition coefficient (Wildman–Crippen LogP) is 2.39. The van der Waals surface area contributed by atoms with Crippen LogP contribution in [0.4, 0.5) is 0 Å². The number of ether oxygens (including phenoxy) is 1. The Balaban J connectivity index is 2.96. The van der Waals surface area contributed by atoms with E-state index in [9.17, 15) is 0 Å². The topological polar surface area (TPSA) is 45.0 Å². The normalized spacial score (nSPS) is 11.0. The molecule has 0 aromatic heterocycles. The van der Waals surface area contributed by atoms with Crippen LogP contribution < -0.4 is 10.1 Å². The quantitative estimate of drug-likeness (QED) is 0.626. The Kier molecular flexibility index (Phi) is 4.53. The molecule has 0 aliphatic rings. The molecule has 1 aromatic rings. The first-order valence-electron chi connectivity index (χ1n) is 5.74. The summed E-state index contributed by atoms with van der Waals surface area (Å²) in [7, 11) is 1.69. The smallest absolute Gasteiger partial charge is 0.122 e. The van der Waals surface area contributed by atoms with Gasteiger partial charge < -0.3 is 10.1 Å². The maximum atomic E-state index is 8.54. The fourth-order valence-corrected chi connectivity index (χ4v) is 1.88. The van der Waals surface area contributed by atoms with Crippen molar-refractivity contribution in [2.45, 2.75) is 26.2 Å². The highest BCUT2D eigenvalue weighted by atomic mass is 16.5. The van der Waals surface area contributed by atoms with Crippen LogP contribution in [-0.2, 0) is 5.41 Å². The van der Waals surface area contributed by atoms with Crippen molar-refractivity contribution in [2.75, 3.05) is 20.2 Å². The van der Waals surface area contributed by atoms with Gasteiger partial charge in [0.1, 0.15) is 5.75 Å². The second-order valence-electron chi connectivity index (χ2n) is 4.85. The molecular formula is C14H20N2O. The maximum Gasteiger partial charge on any atom is 0.122 e. The Morgan fingerprint density at radius 2 is 2.12 bits per heavy atom. The average molecular weight is 232 g/mol. The molecule has 1 aromatic carbocycles. The molecule has 0 aliphatic heterocycles. The number of hydrogen-bond acceptors (Lipinski definition) is 3. The number of methoxy groups -OCH3 is 1. The van der Waals surface area contributed by atoms with Gasteiger partial charge in [0.05, 0.1) is 19.7 Å². The fraction of sp³-hybridized carbons (Fsp3) is 0.500. The summed E-state index contributed by atoms with van der Waals surface area (Å²) in [5.41, 5.74) is 2.33. The highest BCUT2D eigenvalue weighted by Crippen LogP contribution is 2.31. The van der Waals surface area contributed by atoms with Gasteiger partial charge in [-0.15, -0.1) is 0 Å². The van der Waals surface area contributed by atoms with E-state index >= 15 is 0 Å². The molecule has 0 saturated carbocycles. The van der Waals surface area contributed by atoms with Gasteiger partial charge in [0.15, 0.2) is 0 Å². The summed E-state index contributed by atoms with van der Waals surface area (Å²) in [6, 6.07) is 8.27. The second-order valence-corrected chi connectivity index (χ2v) is 4.85. The third-order valence-electron chi connectivity index (χ3n) is 2.86. The largest absolute Gasteiger partial charge is 0.496 e. The van der Waals surface area contributed by atoms with Crippen molar-refractivity contribution in [3.05, 3.63) is 29.3 Å². The van der Waals surface area contributed by atoms with Gasteiger partial charge in [-0.1, -0.05) is 31.5 Å². The SMILES string of the molecule is COc1ccc(C)cc1C(C)(C)CNCC#N. The van der Waals surface area contributed by atoms with E-state index in [2.05, 4.69) is 38.2 Å². The molecule has 0 heterocycles. The van der Waals surface area contributed by atoms with Crippen LogP contribution in [0, 0.1) is 18.3 Å². The number of aryl methyl sites for hydroxylation is 1. The molecule has 1 N–H and O–H groups in total. The Morgan fingerprint density at radius 3 is 2.71 bits per heavy atom. The number of benzene rings is 1. The first kappa shape index (κ1) is 13.5. The molecule has 0 fully saturated rings. The summed E-state index contributed by atoms with van der Waals surface area (Å²) in [4.78, 5) is 0. The Bertz CT molecular complexity index is 419. The molecule has 0 atom stereocenters. The van der Waals surface area contributed by atoms with Gasteiger partial charge in [0.25, 0.3) is 0 Å². The summed E-state index contributed by atoms with van der Waals surface area (Å²) in [6.07, 6.45) is 0. The van der Waals surface area contributed by atoms with Crippen LogP contribution in [0.25, 0.3) is 0 Å². The fourth-order valence-electron chi connectivity index (χ4n) is 1.88. The van der Waals surface area contributed by atoms with Crippen LogP contribution in [0.2, 0.25) is 0 Å². The van der Waals surface area contributed by atoms with Gasteiger partial charge in [-0.25, -0.2) is 0 Å². The second kappa shape index (κ2) is 5.70. The zero-order valence-corrected chi connectivity index (χ0v) is 11.0. The number of hydrogen-bond donors (Lipinski definition) is 1. The minimum absolute atomic E-state index is 0.0613. The third kappa shape index (κ3) is 3.47. The van der Waals surface area contributed by atoms with Gasteiger partial charge >= 0.3 is 0 Å². The van der Waals surface area contributed by atoms with E-state index in [1.54, 1.807) is 7.11 Å². The van der Waals surface area contributed by atoms with Crippen molar-refractivity contribution < 1.29 is 4.74 Å². The Morgan fingerprint density at radius 1 is 1.41 bits per heavy atom. The van der Waals surface area contributed by atoms with E-state index in [4.69, 9.17) is 10.00 Å². The van der Waals surface area contributed by atoms with Gasteiger partial charge in [-0.2, -0.15) is 5.26 Å². The lowest BCUT2D eigenvalue weighted by atomic mass is 9.83. The molecule has 0 amide bonds. The highest BCUT2D eigenvalue weighted by molar-refractivity contribution is 5.41. The van der Waals surface area contributed by atoms with Crippen LogP contribution in [-0.4, -0.2) is 20.2 Å². The van der Waals surface area contributed by atoms with E-state index < -0.39 is 0 Å². The predicted molar refractivity (Wildman–Crippen MR) is 69.2 cm³/mol. The molecule has 0 unspecified atom stereocenters. The maximum absolute atomic E-state index is 8.54. The van der Waals surface area contributed by atoms with E-state index in [0.29, 0.717) is 6.54 Å². The molecule has 3 nitrogen and oxygen atoms in total. The number of rotatable bonds is 5. The van der Waals surface area contributed by atoms with Gasteiger partial charge in [-0.3, -0.25) is 0 Å². The van der Waals surface area contributed by atoms with E-state index in [1.807, 2.05) is 12.1 Å². The van der Waals surface area contributed by atoms with Crippen LogP contribution in [0.5, 0.6) is 5.75 Å². The molecule has 17 heavy (non-hydrogen) atoms. The minimum Gasteiger partial charge on any atom is -0.496 e. The minimum atomic E-state index is -0.0613. The molecule has 0 aliphatic carbocycles. The van der Waals surface area contributed by atoms with Crippen LogP contribution in [0.3, 0.4) is 0 Å². The summed E-state index contributed by atoms with van der Waals surface area (Å²) in [5.74, 6) is 0.902. The highest BCUT2D eigenvalue weighted by Gasteiger charge is 2.24. The van der Waals surface area contributed by atoms with E-state index in [-0.39, 0.29) is 5.41 Å². The summed E-state index contributed by atoms with van der Waals surface area (Å²) in [6.45, 7) is 7.49. The number of nitrogens with one attached hydrogen (secondary N) is 1. The zero-order chi connectivity index (χ0) is 12.9. The van der Waals surface area contributed by atoms with Gasteiger partial charge in [0, 0.05) is 17.5 Å². The first-order valence-corrected chi connectivity index (χ1v) is 5.74. The van der Waals surface area contributed by atoms with Crippen LogP contribution in [0.1, 0.15) is 25.0 Å². The van der Waals surface area contributed by atoms with Crippen molar-refractivity contribution in [1.82, 2.24) is 5.32 Å². The summed E-state index contributed by atoms with van der Waals surface area (Å²) in [5, 5.41) is 11.7. The van der Waals surface area contributed by atoms with Crippen LogP contribution >= 0.6 is 0 Å². The number of nitrogens with zero attached hydrogens (tertiary/aromatic N) is 1. The van der Waals surface area contributed by atoms with E-state index in [1.165, 1.54) is 11.1 Å². The van der Waals surface area contributed by atoms with Crippen LogP contribution in [0.15, 0.2) is 18.2 Å². The van der Waals surface area contributed by atoms with Crippen molar-refractivity contribution in [2.24, 2.45) is 0 Å². The monoisotopic (exact) mass is 232 g/mol. The zero-order valence-electron chi connectivity index (χ0n) is 11.0. The lowest BCUT2D eigenvalue weighted by molar-refractivity contribution is 0.387. The van der Waals surface area contributed by atoms with Crippen molar-refractivity contribution in [3.8, 4) is 11.8 Å². The number of nitriles is 1. The molecule has 0 saturated heterocycles. The van der Waals surface area contributed by atoms with Crippen molar-refractivity contribution in [3.63, 3.8) is 0 Å². The van der Waals surface area contributed by atoms with Gasteiger partial charge in [0.2, 0.25) is 0 Å². The van der Waals surface area contributed by atoms with Crippen molar-refractivity contribution >= 4 is 0 Å². The lowest BCUT2D eigenvalue weighted by Gasteiger charge is -2.27. The molecule has 92 valence electrons. The Labute approximate surface area is 103 Å². The first-order chi connectivity index (χ1) is 8.01. The Hall–Kier alpha value is -1.53. The molecule has 0 bridgehead atoms. The van der Waals surface area contributed by atoms with Crippen molar-refractivity contribution in [1.29, 1.82) is 5.26 Å².